The van der Waals surface area contributed by atoms with Gasteiger partial charge >= 0.3 is 0 Å². The number of imidazole rings is 1. The third-order valence-electron chi connectivity index (χ3n) is 9.74. The molecule has 44 heavy (non-hydrogen) atoms. The van der Waals surface area contributed by atoms with Crippen LogP contribution in [-0.4, -0.2) is 9.55 Å². The molecule has 1 aliphatic heterocycles. The van der Waals surface area contributed by atoms with Gasteiger partial charge in [0, 0.05) is 27.8 Å². The summed E-state index contributed by atoms with van der Waals surface area (Å²) in [4.78, 5) is 5.22. The van der Waals surface area contributed by atoms with E-state index in [0.29, 0.717) is 0 Å². The van der Waals surface area contributed by atoms with E-state index in [1.54, 1.807) is 0 Å². The second-order valence-electron chi connectivity index (χ2n) is 12.4. The Morgan fingerprint density at radius 2 is 1.09 bits per heavy atom. The molecule has 9 rings (SSSR count). The molecule has 0 amide bonds. The van der Waals surface area contributed by atoms with Crippen LogP contribution in [0.15, 0.2) is 146 Å². The molecule has 0 saturated heterocycles. The minimum absolute atomic E-state index is 0.251. The molecule has 3 nitrogen and oxygen atoms in total. The highest BCUT2D eigenvalue weighted by Crippen LogP contribution is 2.61. The maximum absolute atomic E-state index is 6.57. The number of fused-ring (bicyclic) bond motifs is 9. The molecule has 6 aromatic carbocycles. The van der Waals surface area contributed by atoms with Crippen molar-refractivity contribution in [2.75, 3.05) is 0 Å². The summed E-state index contributed by atoms with van der Waals surface area (Å²) in [6.07, 6.45) is 0. The largest absolute Gasteiger partial charge is 0.457 e. The molecule has 1 spiro atoms. The summed E-state index contributed by atoms with van der Waals surface area (Å²) in [6, 6.07) is 52.1. The van der Waals surface area contributed by atoms with Crippen molar-refractivity contribution in [2.45, 2.75) is 24.7 Å². The van der Waals surface area contributed by atoms with Crippen molar-refractivity contribution >= 4 is 11.0 Å². The summed E-state index contributed by atoms with van der Waals surface area (Å²) in [5, 5.41) is 0. The van der Waals surface area contributed by atoms with Crippen LogP contribution in [0.4, 0.5) is 0 Å². The summed E-state index contributed by atoms with van der Waals surface area (Å²) < 4.78 is 8.85. The minimum atomic E-state index is -0.523. The van der Waals surface area contributed by atoms with Crippen LogP contribution >= 0.6 is 0 Å². The maximum Gasteiger partial charge on any atom is 0.145 e. The van der Waals surface area contributed by atoms with Crippen molar-refractivity contribution in [1.29, 1.82) is 0 Å². The third kappa shape index (κ3) is 3.24. The number of nitrogens with zero attached hydrogens (tertiary/aromatic N) is 2. The Morgan fingerprint density at radius 3 is 1.82 bits per heavy atom. The number of hydrogen-bond acceptors (Lipinski definition) is 2. The average Bonchev–Trinajstić information content (AvgIpc) is 3.47. The molecule has 3 heteroatoms. The highest BCUT2D eigenvalue weighted by molar-refractivity contribution is 5.84. The summed E-state index contributed by atoms with van der Waals surface area (Å²) in [6.45, 7) is 4.72. The summed E-state index contributed by atoms with van der Waals surface area (Å²) in [7, 11) is 0. The van der Waals surface area contributed by atoms with Gasteiger partial charge in [-0.25, -0.2) is 4.98 Å². The lowest BCUT2D eigenvalue weighted by Gasteiger charge is -2.50. The standard InChI is InChI=1S/C41H30N2O/c1-40(2)29-16-6-7-17-30(29)41(32-18-8-12-22-37(32)44-38-23-13-9-19-33(38)41)31-25-24-27(26-34(31)40)39-42-35-20-10-11-21-36(35)43(39)28-14-4-3-5-15-28/h3-26H,1-2H3. The molecule has 0 radical (unpaired) electrons. The second kappa shape index (κ2) is 9.05. The Morgan fingerprint density at radius 1 is 0.523 bits per heavy atom. The van der Waals surface area contributed by atoms with Crippen molar-refractivity contribution in [2.24, 2.45) is 0 Å². The number of hydrogen-bond donors (Lipinski definition) is 0. The van der Waals surface area contributed by atoms with Crippen LogP contribution in [0.1, 0.15) is 47.2 Å². The lowest BCUT2D eigenvalue weighted by atomic mass is 9.53. The zero-order valence-corrected chi connectivity index (χ0v) is 24.7. The van der Waals surface area contributed by atoms with Crippen LogP contribution < -0.4 is 4.74 Å². The van der Waals surface area contributed by atoms with Crippen LogP contribution in [-0.2, 0) is 10.8 Å². The van der Waals surface area contributed by atoms with E-state index in [-0.39, 0.29) is 5.41 Å². The normalized spacial score (nSPS) is 15.1. The van der Waals surface area contributed by atoms with E-state index in [4.69, 9.17) is 9.72 Å². The fourth-order valence-electron chi connectivity index (χ4n) is 7.81. The number of ether oxygens (including phenoxy) is 1. The maximum atomic E-state index is 6.57. The van der Waals surface area contributed by atoms with E-state index in [2.05, 4.69) is 164 Å². The van der Waals surface area contributed by atoms with E-state index in [1.807, 2.05) is 0 Å². The number of benzene rings is 6. The molecule has 0 bridgehead atoms. The van der Waals surface area contributed by atoms with Gasteiger partial charge in [-0.1, -0.05) is 117 Å². The van der Waals surface area contributed by atoms with Crippen molar-refractivity contribution in [3.8, 4) is 28.6 Å². The van der Waals surface area contributed by atoms with Gasteiger partial charge in [0.2, 0.25) is 0 Å². The Kier molecular flexibility index (Phi) is 5.16. The van der Waals surface area contributed by atoms with Crippen molar-refractivity contribution < 1.29 is 4.74 Å². The Labute approximate surface area is 257 Å². The molecule has 1 aliphatic carbocycles. The Balaban J connectivity index is 1.39. The van der Waals surface area contributed by atoms with Crippen LogP contribution in [0.3, 0.4) is 0 Å². The average molecular weight is 567 g/mol. The van der Waals surface area contributed by atoms with Gasteiger partial charge in [0.05, 0.1) is 16.4 Å². The van der Waals surface area contributed by atoms with Gasteiger partial charge in [0.25, 0.3) is 0 Å². The summed E-state index contributed by atoms with van der Waals surface area (Å²) in [5.41, 5.74) is 11.1. The monoisotopic (exact) mass is 566 g/mol. The first-order valence-electron chi connectivity index (χ1n) is 15.2. The van der Waals surface area contributed by atoms with E-state index in [9.17, 15) is 0 Å². The minimum Gasteiger partial charge on any atom is -0.457 e. The first-order valence-corrected chi connectivity index (χ1v) is 15.2. The van der Waals surface area contributed by atoms with Crippen LogP contribution in [0.25, 0.3) is 28.1 Å². The van der Waals surface area contributed by atoms with Crippen LogP contribution in [0, 0.1) is 0 Å². The van der Waals surface area contributed by atoms with E-state index >= 15 is 0 Å². The lowest BCUT2D eigenvalue weighted by molar-refractivity contribution is 0.425. The molecule has 2 aliphatic rings. The molecule has 7 aromatic rings. The first-order chi connectivity index (χ1) is 21.6. The molecule has 210 valence electrons. The molecule has 1 aromatic heterocycles. The molecule has 0 fully saturated rings. The molecule has 0 unspecified atom stereocenters. The van der Waals surface area contributed by atoms with Gasteiger partial charge in [-0.2, -0.15) is 0 Å². The van der Waals surface area contributed by atoms with Crippen LogP contribution in [0.2, 0.25) is 0 Å². The second-order valence-corrected chi connectivity index (χ2v) is 12.4. The Bertz CT molecular complexity index is 2200. The summed E-state index contributed by atoms with van der Waals surface area (Å²) >= 11 is 0. The van der Waals surface area contributed by atoms with Crippen molar-refractivity contribution in [1.82, 2.24) is 9.55 Å². The number of aromatic nitrogens is 2. The predicted molar refractivity (Wildman–Crippen MR) is 177 cm³/mol. The molecular weight excluding hydrogens is 536 g/mol. The molecule has 0 N–H and O–H groups in total. The SMILES string of the molecule is CC1(C)c2ccccc2C2(c3ccccc3Oc3ccccc32)c2ccc(-c3nc4ccccc4n3-c3ccccc3)cc21. The highest BCUT2D eigenvalue weighted by atomic mass is 16.5. The van der Waals surface area contributed by atoms with Crippen molar-refractivity contribution in [3.63, 3.8) is 0 Å². The summed E-state index contributed by atoms with van der Waals surface area (Å²) in [5.74, 6) is 2.75. The fourth-order valence-corrected chi connectivity index (χ4v) is 7.81. The first kappa shape index (κ1) is 25.1. The van der Waals surface area contributed by atoms with Gasteiger partial charge in [-0.05, 0) is 64.7 Å². The number of para-hydroxylation sites is 5. The quantitative estimate of drug-likeness (QED) is 0.208. The van der Waals surface area contributed by atoms with E-state index in [0.717, 1.165) is 39.6 Å². The van der Waals surface area contributed by atoms with Crippen molar-refractivity contribution in [3.05, 3.63) is 179 Å². The molecular formula is C41H30N2O. The zero-order valence-electron chi connectivity index (χ0n) is 24.7. The molecule has 0 atom stereocenters. The van der Waals surface area contributed by atoms with Gasteiger partial charge < -0.3 is 4.74 Å². The smallest absolute Gasteiger partial charge is 0.145 e. The van der Waals surface area contributed by atoms with Gasteiger partial charge in [-0.15, -0.1) is 0 Å². The molecule has 2 heterocycles. The lowest BCUT2D eigenvalue weighted by Crippen LogP contribution is -2.43. The van der Waals surface area contributed by atoms with Gasteiger partial charge in [0.1, 0.15) is 17.3 Å². The predicted octanol–water partition coefficient (Wildman–Crippen LogP) is 9.82. The number of rotatable bonds is 2. The van der Waals surface area contributed by atoms with E-state index < -0.39 is 5.41 Å². The van der Waals surface area contributed by atoms with E-state index in [1.165, 1.54) is 33.4 Å². The zero-order chi connectivity index (χ0) is 29.5. The topological polar surface area (TPSA) is 27.1 Å². The van der Waals surface area contributed by atoms with Crippen LogP contribution in [0.5, 0.6) is 11.5 Å². The molecule has 0 saturated carbocycles. The highest BCUT2D eigenvalue weighted by Gasteiger charge is 2.52. The fraction of sp³-hybridized carbons (Fsp3) is 0.0976. The van der Waals surface area contributed by atoms with Gasteiger partial charge in [-0.3, -0.25) is 4.57 Å². The Hall–Kier alpha value is -5.41. The van der Waals surface area contributed by atoms with Gasteiger partial charge in [0.15, 0.2) is 0 Å². The third-order valence-corrected chi connectivity index (χ3v) is 9.74.